The van der Waals surface area contributed by atoms with Gasteiger partial charge in [0.15, 0.2) is 0 Å². The molecular formula is C15H20O5. The molecule has 0 fully saturated rings. The Labute approximate surface area is 119 Å². The van der Waals surface area contributed by atoms with Gasteiger partial charge in [0.2, 0.25) is 0 Å². The molecule has 1 aromatic rings. The summed E-state index contributed by atoms with van der Waals surface area (Å²) in [5.74, 6) is 0.812. The lowest BCUT2D eigenvalue weighted by Crippen LogP contribution is -2.17. The molecule has 0 bridgehead atoms. The van der Waals surface area contributed by atoms with Crippen molar-refractivity contribution in [2.75, 3.05) is 20.8 Å². The zero-order chi connectivity index (χ0) is 14.8. The molecule has 0 spiro atoms. The molecule has 0 saturated carbocycles. The molecule has 110 valence electrons. The number of hydrogen-bond acceptors (Lipinski definition) is 5. The highest BCUT2D eigenvalue weighted by Gasteiger charge is 2.10. The van der Waals surface area contributed by atoms with Gasteiger partial charge in [0.25, 0.3) is 0 Å². The van der Waals surface area contributed by atoms with Crippen molar-refractivity contribution in [1.82, 2.24) is 0 Å². The predicted molar refractivity (Wildman–Crippen MR) is 74.7 cm³/mol. The molecule has 0 N–H and O–H groups in total. The minimum absolute atomic E-state index is 0.404. The van der Waals surface area contributed by atoms with Gasteiger partial charge in [0, 0.05) is 6.42 Å². The van der Waals surface area contributed by atoms with E-state index in [1.54, 1.807) is 13.2 Å². The van der Waals surface area contributed by atoms with Crippen LogP contribution in [0, 0.1) is 0 Å². The highest BCUT2D eigenvalue weighted by Crippen LogP contribution is 2.12. The van der Waals surface area contributed by atoms with Gasteiger partial charge in [-0.05, 0) is 17.7 Å². The minimum atomic E-state index is -0.718. The standard InChI is InChI=1S/C15H20O5/c1-4-13(20-15(16)18-3)9-10-19-11-12-5-7-14(17-2)8-6-12/h4-8,13H,1,9-11H2,2-3H3. The third-order valence-corrected chi connectivity index (χ3v) is 2.65. The molecule has 1 rings (SSSR count). The Morgan fingerprint density at radius 2 is 2.00 bits per heavy atom. The van der Waals surface area contributed by atoms with E-state index in [0.29, 0.717) is 19.6 Å². The van der Waals surface area contributed by atoms with E-state index in [4.69, 9.17) is 14.2 Å². The van der Waals surface area contributed by atoms with E-state index < -0.39 is 12.3 Å². The molecule has 1 unspecified atom stereocenters. The molecule has 0 saturated heterocycles. The normalized spacial score (nSPS) is 11.5. The molecule has 0 aliphatic carbocycles. The molecule has 1 aromatic carbocycles. The van der Waals surface area contributed by atoms with Gasteiger partial charge in [0.05, 0.1) is 27.4 Å². The summed E-state index contributed by atoms with van der Waals surface area (Å²) in [6.07, 6.45) is 0.964. The van der Waals surface area contributed by atoms with Gasteiger partial charge in [0.1, 0.15) is 11.9 Å². The lowest BCUT2D eigenvalue weighted by atomic mass is 10.2. The maximum atomic E-state index is 11.0. The van der Waals surface area contributed by atoms with E-state index >= 15 is 0 Å². The van der Waals surface area contributed by atoms with Crippen LogP contribution in [0.15, 0.2) is 36.9 Å². The number of hydrogen-bond donors (Lipinski definition) is 0. The summed E-state index contributed by atoms with van der Waals surface area (Å²) in [6, 6.07) is 7.64. The minimum Gasteiger partial charge on any atom is -0.497 e. The Kier molecular flexibility index (Phi) is 7.21. The van der Waals surface area contributed by atoms with E-state index in [2.05, 4.69) is 11.3 Å². The second kappa shape index (κ2) is 8.98. The maximum Gasteiger partial charge on any atom is 0.508 e. The summed E-state index contributed by atoms with van der Waals surface area (Å²) in [6.45, 7) is 4.55. The predicted octanol–water partition coefficient (Wildman–Crippen LogP) is 2.94. The molecule has 0 aromatic heterocycles. The lowest BCUT2D eigenvalue weighted by Gasteiger charge is -2.13. The summed E-state index contributed by atoms with van der Waals surface area (Å²) in [7, 11) is 2.89. The third kappa shape index (κ3) is 5.75. The van der Waals surface area contributed by atoms with Crippen molar-refractivity contribution in [1.29, 1.82) is 0 Å². The Balaban J connectivity index is 2.25. The second-order valence-electron chi connectivity index (χ2n) is 4.04. The fourth-order valence-corrected chi connectivity index (χ4v) is 1.51. The van der Waals surface area contributed by atoms with E-state index in [1.807, 2.05) is 24.3 Å². The first-order chi connectivity index (χ1) is 9.69. The maximum absolute atomic E-state index is 11.0. The summed E-state index contributed by atoms with van der Waals surface area (Å²) < 4.78 is 20.0. The van der Waals surface area contributed by atoms with Crippen LogP contribution in [0.25, 0.3) is 0 Å². The largest absolute Gasteiger partial charge is 0.508 e. The Hall–Kier alpha value is -2.01. The summed E-state index contributed by atoms with van der Waals surface area (Å²) in [5.41, 5.74) is 1.05. The van der Waals surface area contributed by atoms with Crippen LogP contribution in [0.5, 0.6) is 5.75 Å². The van der Waals surface area contributed by atoms with Gasteiger partial charge in [-0.15, -0.1) is 0 Å². The molecule has 5 heteroatoms. The highest BCUT2D eigenvalue weighted by molar-refractivity contribution is 5.60. The quantitative estimate of drug-likeness (QED) is 0.416. The van der Waals surface area contributed by atoms with E-state index in [1.165, 1.54) is 7.11 Å². The summed E-state index contributed by atoms with van der Waals surface area (Å²) >= 11 is 0. The van der Waals surface area contributed by atoms with Crippen LogP contribution in [0.2, 0.25) is 0 Å². The van der Waals surface area contributed by atoms with Gasteiger partial charge >= 0.3 is 6.16 Å². The molecule has 0 heterocycles. The first kappa shape index (κ1) is 16.0. The van der Waals surface area contributed by atoms with E-state index in [-0.39, 0.29) is 0 Å². The molecule has 0 aliphatic heterocycles. The Morgan fingerprint density at radius 3 is 2.55 bits per heavy atom. The zero-order valence-corrected chi connectivity index (χ0v) is 11.8. The SMILES string of the molecule is C=CC(CCOCc1ccc(OC)cc1)OC(=O)OC. The van der Waals surface area contributed by atoms with Crippen LogP contribution in [0.1, 0.15) is 12.0 Å². The van der Waals surface area contributed by atoms with Gasteiger partial charge in [-0.3, -0.25) is 0 Å². The van der Waals surface area contributed by atoms with E-state index in [0.717, 1.165) is 11.3 Å². The first-order valence-electron chi connectivity index (χ1n) is 6.27. The molecule has 1 atom stereocenters. The average Bonchev–Trinajstić information content (AvgIpc) is 2.50. The number of ether oxygens (including phenoxy) is 4. The van der Waals surface area contributed by atoms with Crippen molar-refractivity contribution in [2.45, 2.75) is 19.1 Å². The fraction of sp³-hybridized carbons (Fsp3) is 0.400. The lowest BCUT2D eigenvalue weighted by molar-refractivity contribution is 0.0334. The van der Waals surface area contributed by atoms with Crippen LogP contribution in [-0.4, -0.2) is 33.1 Å². The number of methoxy groups -OCH3 is 2. The number of benzene rings is 1. The summed E-state index contributed by atoms with van der Waals surface area (Å²) in [4.78, 5) is 11.0. The summed E-state index contributed by atoms with van der Waals surface area (Å²) in [5, 5.41) is 0. The first-order valence-corrected chi connectivity index (χ1v) is 6.27. The third-order valence-electron chi connectivity index (χ3n) is 2.65. The second-order valence-corrected chi connectivity index (χ2v) is 4.04. The Morgan fingerprint density at radius 1 is 1.30 bits per heavy atom. The van der Waals surface area contributed by atoms with Gasteiger partial charge in [-0.2, -0.15) is 0 Å². The van der Waals surface area contributed by atoms with Gasteiger partial charge in [-0.1, -0.05) is 24.8 Å². The molecule has 5 nitrogen and oxygen atoms in total. The molecule has 0 aliphatic rings. The van der Waals surface area contributed by atoms with Crippen molar-refractivity contribution in [2.24, 2.45) is 0 Å². The van der Waals surface area contributed by atoms with Crippen LogP contribution in [0.3, 0.4) is 0 Å². The number of carbonyl (C=O) groups is 1. The molecule has 0 amide bonds. The van der Waals surface area contributed by atoms with Crippen molar-refractivity contribution >= 4 is 6.16 Å². The van der Waals surface area contributed by atoms with Crippen LogP contribution in [-0.2, 0) is 20.8 Å². The van der Waals surface area contributed by atoms with Crippen molar-refractivity contribution in [3.05, 3.63) is 42.5 Å². The number of rotatable bonds is 8. The van der Waals surface area contributed by atoms with Crippen molar-refractivity contribution in [3.8, 4) is 5.75 Å². The molecular weight excluding hydrogens is 260 g/mol. The van der Waals surface area contributed by atoms with Crippen LogP contribution in [0.4, 0.5) is 4.79 Å². The molecule has 0 radical (unpaired) electrons. The van der Waals surface area contributed by atoms with Gasteiger partial charge in [-0.25, -0.2) is 4.79 Å². The number of carbonyl (C=O) groups excluding carboxylic acids is 1. The Bertz CT molecular complexity index is 413. The van der Waals surface area contributed by atoms with Crippen LogP contribution < -0.4 is 4.74 Å². The fourth-order valence-electron chi connectivity index (χ4n) is 1.51. The van der Waals surface area contributed by atoms with Crippen molar-refractivity contribution in [3.63, 3.8) is 0 Å². The van der Waals surface area contributed by atoms with Gasteiger partial charge < -0.3 is 18.9 Å². The topological polar surface area (TPSA) is 54.0 Å². The monoisotopic (exact) mass is 280 g/mol. The highest BCUT2D eigenvalue weighted by atomic mass is 16.7. The van der Waals surface area contributed by atoms with Crippen molar-refractivity contribution < 1.29 is 23.7 Å². The zero-order valence-electron chi connectivity index (χ0n) is 11.8. The average molecular weight is 280 g/mol. The van der Waals surface area contributed by atoms with E-state index in [9.17, 15) is 4.79 Å². The smallest absolute Gasteiger partial charge is 0.497 e. The molecule has 20 heavy (non-hydrogen) atoms. The van der Waals surface area contributed by atoms with Crippen LogP contribution >= 0.6 is 0 Å².